The number of hydrogen-bond acceptors (Lipinski definition) is 4. The molecule has 132 valence electrons. The number of rotatable bonds is 6. The topological polar surface area (TPSA) is 64.6 Å². The molecule has 0 aliphatic rings. The van der Waals surface area contributed by atoms with Gasteiger partial charge in [-0.2, -0.15) is 0 Å². The molecule has 0 saturated heterocycles. The molecule has 2 aromatic rings. The lowest BCUT2D eigenvalue weighted by molar-refractivity contribution is -0.124. The summed E-state index contributed by atoms with van der Waals surface area (Å²) in [6.45, 7) is 5.76. The molecule has 0 aliphatic carbocycles. The van der Waals surface area contributed by atoms with E-state index in [0.29, 0.717) is 12.1 Å². The molecule has 0 radical (unpaired) electrons. The van der Waals surface area contributed by atoms with Crippen LogP contribution in [0.1, 0.15) is 32.6 Å². The van der Waals surface area contributed by atoms with E-state index in [0.717, 1.165) is 28.0 Å². The van der Waals surface area contributed by atoms with Gasteiger partial charge in [-0.1, -0.05) is 29.8 Å². The molecule has 0 spiro atoms. The van der Waals surface area contributed by atoms with E-state index in [9.17, 15) is 9.59 Å². The Labute approximate surface area is 148 Å². The zero-order valence-electron chi connectivity index (χ0n) is 15.0. The highest BCUT2D eigenvalue weighted by Crippen LogP contribution is 2.17. The van der Waals surface area contributed by atoms with E-state index in [1.807, 2.05) is 57.2 Å². The predicted octanol–water partition coefficient (Wildman–Crippen LogP) is 3.09. The largest absolute Gasteiger partial charge is 0.497 e. The minimum atomic E-state index is -0.477. The first-order valence-corrected chi connectivity index (χ1v) is 8.05. The predicted molar refractivity (Wildman–Crippen MR) is 95.8 cm³/mol. The highest BCUT2D eigenvalue weighted by atomic mass is 16.5. The first-order chi connectivity index (χ1) is 11.9. The van der Waals surface area contributed by atoms with Crippen molar-refractivity contribution in [3.63, 3.8) is 0 Å². The van der Waals surface area contributed by atoms with Crippen LogP contribution in [0, 0.1) is 20.8 Å². The molecule has 0 saturated carbocycles. The second kappa shape index (κ2) is 8.33. The summed E-state index contributed by atoms with van der Waals surface area (Å²) in [5, 5.41) is 2.72. The van der Waals surface area contributed by atoms with Gasteiger partial charge >= 0.3 is 5.97 Å². The van der Waals surface area contributed by atoms with Crippen molar-refractivity contribution in [3.05, 3.63) is 64.2 Å². The van der Waals surface area contributed by atoms with E-state index in [2.05, 4.69) is 5.32 Å². The molecule has 2 rings (SSSR count). The number of aryl methyl sites for hydroxylation is 3. The van der Waals surface area contributed by atoms with Gasteiger partial charge in [0.2, 0.25) is 0 Å². The van der Waals surface area contributed by atoms with Crippen LogP contribution in [-0.2, 0) is 16.1 Å². The number of amides is 1. The van der Waals surface area contributed by atoms with Crippen molar-refractivity contribution in [2.45, 2.75) is 27.3 Å². The van der Waals surface area contributed by atoms with Crippen molar-refractivity contribution in [2.24, 2.45) is 0 Å². The van der Waals surface area contributed by atoms with E-state index in [4.69, 9.17) is 9.47 Å². The number of esters is 1. The van der Waals surface area contributed by atoms with E-state index < -0.39 is 5.97 Å². The molecule has 0 atom stereocenters. The molecular formula is C20H23NO4. The Morgan fingerprint density at radius 2 is 1.60 bits per heavy atom. The lowest BCUT2D eigenvalue weighted by atomic mass is 10.00. The number of carbonyl (C=O) groups excluding carboxylic acids is 2. The second-order valence-electron chi connectivity index (χ2n) is 5.97. The molecular weight excluding hydrogens is 318 g/mol. The van der Waals surface area contributed by atoms with Crippen LogP contribution >= 0.6 is 0 Å². The maximum atomic E-state index is 12.2. The molecule has 0 aliphatic heterocycles. The zero-order chi connectivity index (χ0) is 18.4. The molecule has 0 aromatic heterocycles. The average molecular weight is 341 g/mol. The number of benzene rings is 2. The molecule has 1 amide bonds. The van der Waals surface area contributed by atoms with Crippen LogP contribution < -0.4 is 10.1 Å². The summed E-state index contributed by atoms with van der Waals surface area (Å²) in [5.74, 6) is -0.0611. The summed E-state index contributed by atoms with van der Waals surface area (Å²) in [6.07, 6.45) is 0. The summed E-state index contributed by atoms with van der Waals surface area (Å²) in [6, 6.07) is 11.2. The van der Waals surface area contributed by atoms with Crippen LogP contribution in [0.4, 0.5) is 0 Å². The normalized spacial score (nSPS) is 10.2. The highest BCUT2D eigenvalue weighted by Gasteiger charge is 2.15. The zero-order valence-corrected chi connectivity index (χ0v) is 15.0. The van der Waals surface area contributed by atoms with Gasteiger partial charge in [-0.05, 0) is 49.6 Å². The fourth-order valence-corrected chi connectivity index (χ4v) is 2.70. The van der Waals surface area contributed by atoms with Crippen LogP contribution in [0.2, 0.25) is 0 Å². The molecule has 0 bridgehead atoms. The molecule has 25 heavy (non-hydrogen) atoms. The van der Waals surface area contributed by atoms with Gasteiger partial charge in [0.05, 0.1) is 12.7 Å². The number of hydrogen-bond donors (Lipinski definition) is 1. The third kappa shape index (κ3) is 5.08. The summed E-state index contributed by atoms with van der Waals surface area (Å²) >= 11 is 0. The molecule has 0 heterocycles. The Bertz CT molecular complexity index is 743. The molecule has 0 fully saturated rings. The molecule has 5 nitrogen and oxygen atoms in total. The number of carbonyl (C=O) groups is 2. The van der Waals surface area contributed by atoms with Gasteiger partial charge in [0.1, 0.15) is 5.75 Å². The molecule has 0 unspecified atom stereocenters. The molecule has 2 aromatic carbocycles. The van der Waals surface area contributed by atoms with E-state index in [1.165, 1.54) is 0 Å². The van der Waals surface area contributed by atoms with Gasteiger partial charge in [0, 0.05) is 6.54 Å². The Kier molecular flexibility index (Phi) is 6.17. The van der Waals surface area contributed by atoms with Crippen molar-refractivity contribution in [2.75, 3.05) is 13.7 Å². The third-order valence-electron chi connectivity index (χ3n) is 3.86. The van der Waals surface area contributed by atoms with Gasteiger partial charge < -0.3 is 14.8 Å². The fraction of sp³-hybridized carbons (Fsp3) is 0.300. The standard InChI is InChI=1S/C20H23NO4/c1-13-9-14(2)19(15(3)10-13)20(23)25-12-18(22)21-11-16-5-7-17(24-4)8-6-16/h5-10H,11-12H2,1-4H3,(H,21,22). The van der Waals surface area contributed by atoms with Crippen molar-refractivity contribution in [3.8, 4) is 5.75 Å². The maximum Gasteiger partial charge on any atom is 0.339 e. The Morgan fingerprint density at radius 1 is 1.00 bits per heavy atom. The van der Waals surface area contributed by atoms with Crippen LogP contribution in [0.15, 0.2) is 36.4 Å². The van der Waals surface area contributed by atoms with E-state index in [-0.39, 0.29) is 12.5 Å². The monoisotopic (exact) mass is 341 g/mol. The summed E-state index contributed by atoms with van der Waals surface area (Å²) in [7, 11) is 1.60. The smallest absolute Gasteiger partial charge is 0.339 e. The third-order valence-corrected chi connectivity index (χ3v) is 3.86. The van der Waals surface area contributed by atoms with Gasteiger partial charge in [-0.15, -0.1) is 0 Å². The second-order valence-corrected chi connectivity index (χ2v) is 5.97. The number of ether oxygens (including phenoxy) is 2. The first-order valence-electron chi connectivity index (χ1n) is 8.05. The minimum absolute atomic E-state index is 0.304. The Hall–Kier alpha value is -2.82. The molecule has 5 heteroatoms. The lowest BCUT2D eigenvalue weighted by Crippen LogP contribution is -2.28. The van der Waals surface area contributed by atoms with E-state index in [1.54, 1.807) is 7.11 Å². The summed E-state index contributed by atoms with van der Waals surface area (Å²) < 4.78 is 10.2. The van der Waals surface area contributed by atoms with Crippen molar-refractivity contribution < 1.29 is 19.1 Å². The summed E-state index contributed by atoms with van der Waals surface area (Å²) in [4.78, 5) is 24.1. The molecule has 1 N–H and O–H groups in total. The fourth-order valence-electron chi connectivity index (χ4n) is 2.70. The van der Waals surface area contributed by atoms with Crippen molar-refractivity contribution >= 4 is 11.9 Å². The van der Waals surface area contributed by atoms with Gasteiger partial charge in [-0.3, -0.25) is 4.79 Å². The van der Waals surface area contributed by atoms with Crippen LogP contribution in [0.5, 0.6) is 5.75 Å². The van der Waals surface area contributed by atoms with Gasteiger partial charge in [0.15, 0.2) is 6.61 Å². The Balaban J connectivity index is 1.86. The maximum absolute atomic E-state index is 12.2. The average Bonchev–Trinajstić information content (AvgIpc) is 2.57. The highest BCUT2D eigenvalue weighted by molar-refractivity contribution is 5.94. The first kappa shape index (κ1) is 18.5. The van der Waals surface area contributed by atoms with Crippen LogP contribution in [-0.4, -0.2) is 25.6 Å². The number of nitrogens with one attached hydrogen (secondary N) is 1. The minimum Gasteiger partial charge on any atom is -0.497 e. The van der Waals surface area contributed by atoms with Crippen molar-refractivity contribution in [1.29, 1.82) is 0 Å². The number of methoxy groups -OCH3 is 1. The van der Waals surface area contributed by atoms with Gasteiger partial charge in [-0.25, -0.2) is 4.79 Å². The lowest BCUT2D eigenvalue weighted by Gasteiger charge is -2.11. The SMILES string of the molecule is COc1ccc(CNC(=O)COC(=O)c2c(C)cc(C)cc2C)cc1. The van der Waals surface area contributed by atoms with E-state index >= 15 is 0 Å². The summed E-state index contributed by atoms with van der Waals surface area (Å²) in [5.41, 5.74) is 4.24. The quantitative estimate of drug-likeness (QED) is 0.820. The van der Waals surface area contributed by atoms with Crippen LogP contribution in [0.3, 0.4) is 0 Å². The van der Waals surface area contributed by atoms with Gasteiger partial charge in [0.25, 0.3) is 5.91 Å². The Morgan fingerprint density at radius 3 is 2.16 bits per heavy atom. The van der Waals surface area contributed by atoms with Crippen LogP contribution in [0.25, 0.3) is 0 Å². The van der Waals surface area contributed by atoms with Crippen molar-refractivity contribution in [1.82, 2.24) is 5.32 Å².